The van der Waals surface area contributed by atoms with Gasteiger partial charge in [-0.15, -0.1) is 0 Å². The Morgan fingerprint density at radius 2 is 2.08 bits per heavy atom. The van der Waals surface area contributed by atoms with Gasteiger partial charge in [-0.05, 0) is 20.8 Å². The molecule has 0 aliphatic rings. The molecule has 0 aromatic carbocycles. The number of hydrogen-bond acceptors (Lipinski definition) is 3. The highest BCUT2D eigenvalue weighted by Crippen LogP contribution is 2.37. The van der Waals surface area contributed by atoms with Gasteiger partial charge in [0.2, 0.25) is 11.5 Å². The van der Waals surface area contributed by atoms with E-state index < -0.39 is 0 Å². The summed E-state index contributed by atoms with van der Waals surface area (Å²) >= 11 is 0. The third-order valence-electron chi connectivity index (χ3n) is 1.75. The zero-order valence-electron chi connectivity index (χ0n) is 8.55. The monoisotopic (exact) mass is 184 g/mol. The average molecular weight is 184 g/mol. The number of rotatable bonds is 3. The minimum atomic E-state index is 0.0481. The predicted octanol–water partition coefficient (Wildman–Crippen LogP) is 2.64. The first-order valence-electron chi connectivity index (χ1n) is 4.54. The lowest BCUT2D eigenvalue weighted by Crippen LogP contribution is -2.05. The summed E-state index contributed by atoms with van der Waals surface area (Å²) in [5.41, 5.74) is 0. The van der Waals surface area contributed by atoms with Crippen molar-refractivity contribution in [1.82, 2.24) is 0 Å². The second kappa shape index (κ2) is 3.73. The van der Waals surface area contributed by atoms with Crippen molar-refractivity contribution in [2.75, 3.05) is 0 Å². The Bertz CT molecular complexity index is 287. The molecule has 0 saturated heterocycles. The van der Waals surface area contributed by atoms with Gasteiger partial charge in [-0.1, -0.05) is 6.92 Å². The molecule has 1 aromatic heterocycles. The Labute approximate surface area is 78.3 Å². The molecule has 74 valence electrons. The van der Waals surface area contributed by atoms with Crippen LogP contribution in [0.1, 0.15) is 32.3 Å². The Morgan fingerprint density at radius 1 is 1.46 bits per heavy atom. The molecule has 0 spiro atoms. The van der Waals surface area contributed by atoms with E-state index in [1.54, 1.807) is 6.92 Å². The maximum atomic E-state index is 9.64. The first-order valence-corrected chi connectivity index (χ1v) is 4.54. The van der Waals surface area contributed by atoms with E-state index in [2.05, 4.69) is 0 Å². The maximum Gasteiger partial charge on any atom is 0.203 e. The van der Waals surface area contributed by atoms with E-state index in [-0.39, 0.29) is 11.9 Å². The van der Waals surface area contributed by atoms with E-state index in [1.165, 1.54) is 0 Å². The van der Waals surface area contributed by atoms with Gasteiger partial charge >= 0.3 is 0 Å². The van der Waals surface area contributed by atoms with E-state index in [9.17, 15) is 5.11 Å². The third-order valence-corrected chi connectivity index (χ3v) is 1.75. The zero-order valence-corrected chi connectivity index (χ0v) is 8.55. The van der Waals surface area contributed by atoms with Gasteiger partial charge in [0.05, 0.1) is 6.10 Å². The van der Waals surface area contributed by atoms with Crippen LogP contribution in [0.3, 0.4) is 0 Å². The van der Waals surface area contributed by atoms with E-state index >= 15 is 0 Å². The molecule has 1 aromatic rings. The molecule has 3 heteroatoms. The number of aromatic hydroxyl groups is 1. The van der Waals surface area contributed by atoms with Crippen molar-refractivity contribution in [3.05, 3.63) is 11.5 Å². The number of hydrogen-bond donors (Lipinski definition) is 1. The van der Waals surface area contributed by atoms with Crippen molar-refractivity contribution >= 4 is 0 Å². The SMILES string of the molecule is CCc1oc(C)c(OC(C)C)c1O. The largest absolute Gasteiger partial charge is 0.502 e. The van der Waals surface area contributed by atoms with Crippen molar-refractivity contribution in [3.8, 4) is 11.5 Å². The minimum Gasteiger partial charge on any atom is -0.502 e. The fraction of sp³-hybridized carbons (Fsp3) is 0.600. The highest BCUT2D eigenvalue weighted by Gasteiger charge is 2.17. The first-order chi connectivity index (χ1) is 6.06. The van der Waals surface area contributed by atoms with Crippen LogP contribution in [0.5, 0.6) is 11.5 Å². The predicted molar refractivity (Wildman–Crippen MR) is 50.3 cm³/mol. The van der Waals surface area contributed by atoms with Crippen LogP contribution in [0.25, 0.3) is 0 Å². The molecule has 0 radical (unpaired) electrons. The summed E-state index contributed by atoms with van der Waals surface area (Å²) in [5.74, 6) is 1.86. The van der Waals surface area contributed by atoms with Gasteiger partial charge in [-0.3, -0.25) is 0 Å². The van der Waals surface area contributed by atoms with Crippen LogP contribution in [0.4, 0.5) is 0 Å². The Kier molecular flexibility index (Phi) is 2.86. The topological polar surface area (TPSA) is 42.6 Å². The van der Waals surface area contributed by atoms with Gasteiger partial charge in [-0.25, -0.2) is 0 Å². The summed E-state index contributed by atoms with van der Waals surface area (Å²) in [6, 6.07) is 0. The van der Waals surface area contributed by atoms with Crippen LogP contribution in [0.2, 0.25) is 0 Å². The van der Waals surface area contributed by atoms with Crippen molar-refractivity contribution in [3.63, 3.8) is 0 Å². The van der Waals surface area contributed by atoms with Gasteiger partial charge in [0.25, 0.3) is 0 Å². The number of ether oxygens (including phenoxy) is 1. The third kappa shape index (κ3) is 1.97. The summed E-state index contributed by atoms with van der Waals surface area (Å²) in [4.78, 5) is 0. The molecule has 0 aliphatic carbocycles. The second-order valence-electron chi connectivity index (χ2n) is 3.28. The van der Waals surface area contributed by atoms with Crippen LogP contribution in [0.15, 0.2) is 4.42 Å². The molecule has 0 fully saturated rings. The zero-order chi connectivity index (χ0) is 10.0. The van der Waals surface area contributed by atoms with E-state index in [1.807, 2.05) is 20.8 Å². The molecule has 0 saturated carbocycles. The van der Waals surface area contributed by atoms with E-state index in [4.69, 9.17) is 9.15 Å². The quantitative estimate of drug-likeness (QED) is 0.785. The lowest BCUT2D eigenvalue weighted by Gasteiger charge is -2.07. The van der Waals surface area contributed by atoms with Crippen LogP contribution in [-0.4, -0.2) is 11.2 Å². The Morgan fingerprint density at radius 3 is 2.46 bits per heavy atom. The van der Waals surface area contributed by atoms with Crippen molar-refractivity contribution in [2.24, 2.45) is 0 Å². The molecule has 0 unspecified atom stereocenters. The number of aryl methyl sites for hydroxylation is 2. The molecule has 13 heavy (non-hydrogen) atoms. The lowest BCUT2D eigenvalue weighted by molar-refractivity contribution is 0.229. The van der Waals surface area contributed by atoms with Crippen LogP contribution < -0.4 is 4.74 Å². The molecular weight excluding hydrogens is 168 g/mol. The molecule has 1 rings (SSSR count). The summed E-state index contributed by atoms with van der Waals surface area (Å²) in [7, 11) is 0. The molecule has 0 atom stereocenters. The average Bonchev–Trinajstić information content (AvgIpc) is 2.31. The maximum absolute atomic E-state index is 9.64. The summed E-state index contributed by atoms with van der Waals surface area (Å²) in [5, 5.41) is 9.64. The van der Waals surface area contributed by atoms with Gasteiger partial charge in [0.1, 0.15) is 11.5 Å². The van der Waals surface area contributed by atoms with Gasteiger partial charge in [-0.2, -0.15) is 0 Å². The first kappa shape index (κ1) is 9.96. The van der Waals surface area contributed by atoms with Gasteiger partial charge in [0.15, 0.2) is 0 Å². The normalized spacial score (nSPS) is 10.8. The van der Waals surface area contributed by atoms with Crippen LogP contribution >= 0.6 is 0 Å². The van der Waals surface area contributed by atoms with Gasteiger partial charge < -0.3 is 14.3 Å². The van der Waals surface area contributed by atoms with E-state index in [0.29, 0.717) is 23.7 Å². The minimum absolute atomic E-state index is 0.0481. The van der Waals surface area contributed by atoms with Crippen LogP contribution in [-0.2, 0) is 6.42 Å². The van der Waals surface area contributed by atoms with Crippen LogP contribution in [0, 0.1) is 6.92 Å². The standard InChI is InChI=1S/C10H16O3/c1-5-8-9(11)10(7(4)13-8)12-6(2)3/h6,11H,5H2,1-4H3. The van der Waals surface area contributed by atoms with Crippen molar-refractivity contribution < 1.29 is 14.3 Å². The Balaban J connectivity index is 2.98. The molecular formula is C10H16O3. The van der Waals surface area contributed by atoms with Gasteiger partial charge in [0, 0.05) is 6.42 Å². The molecule has 1 heterocycles. The Hall–Kier alpha value is -1.12. The number of furan rings is 1. The highest BCUT2D eigenvalue weighted by atomic mass is 16.5. The molecule has 3 nitrogen and oxygen atoms in total. The summed E-state index contributed by atoms with van der Waals surface area (Å²) in [6.07, 6.45) is 0.723. The van der Waals surface area contributed by atoms with Crippen molar-refractivity contribution in [1.29, 1.82) is 0 Å². The highest BCUT2D eigenvalue weighted by molar-refractivity contribution is 5.44. The van der Waals surface area contributed by atoms with E-state index in [0.717, 1.165) is 0 Å². The summed E-state index contributed by atoms with van der Waals surface area (Å²) < 4.78 is 10.7. The molecule has 0 aliphatic heterocycles. The summed E-state index contributed by atoms with van der Waals surface area (Å²) in [6.45, 7) is 7.54. The fourth-order valence-corrected chi connectivity index (χ4v) is 1.19. The molecule has 0 bridgehead atoms. The smallest absolute Gasteiger partial charge is 0.203 e. The molecule has 0 amide bonds. The lowest BCUT2D eigenvalue weighted by atomic mass is 10.3. The fourth-order valence-electron chi connectivity index (χ4n) is 1.19. The van der Waals surface area contributed by atoms with Crippen molar-refractivity contribution in [2.45, 2.75) is 40.2 Å². The second-order valence-corrected chi connectivity index (χ2v) is 3.28. The molecule has 1 N–H and O–H groups in total.